The highest BCUT2D eigenvalue weighted by molar-refractivity contribution is 6.31. The van der Waals surface area contributed by atoms with Crippen LogP contribution < -0.4 is 5.32 Å². The Morgan fingerprint density at radius 3 is 1.96 bits per heavy atom. The molecule has 1 heterocycles. The number of urea groups is 1. The summed E-state index contributed by atoms with van der Waals surface area (Å²) >= 11 is 11.7. The molecule has 0 radical (unpaired) electrons. The van der Waals surface area contributed by atoms with Crippen LogP contribution in [0.4, 0.5) is 10.5 Å². The van der Waals surface area contributed by atoms with Crippen LogP contribution in [0.1, 0.15) is 16.8 Å². The molecule has 1 fully saturated rings. The van der Waals surface area contributed by atoms with E-state index in [4.69, 9.17) is 23.2 Å². The minimum absolute atomic E-state index is 0.0402. The van der Waals surface area contributed by atoms with Gasteiger partial charge in [0, 0.05) is 47.5 Å². The number of carbonyl (C=O) groups excluding carboxylic acids is 2. The molecule has 0 atom stereocenters. The molecule has 1 N–H and O–H groups in total. The topological polar surface area (TPSA) is 52.7 Å². The maximum Gasteiger partial charge on any atom is 0.321 e. The van der Waals surface area contributed by atoms with Crippen molar-refractivity contribution in [2.45, 2.75) is 6.42 Å². The number of rotatable bonds is 2. The van der Waals surface area contributed by atoms with Gasteiger partial charge in [-0.15, -0.1) is 0 Å². The summed E-state index contributed by atoms with van der Waals surface area (Å²) in [5.74, 6) is -0.0402. The number of carbonyl (C=O) groups is 2. The van der Waals surface area contributed by atoms with Crippen molar-refractivity contribution in [2.75, 3.05) is 31.5 Å². The van der Waals surface area contributed by atoms with E-state index in [1.807, 2.05) is 0 Å². The summed E-state index contributed by atoms with van der Waals surface area (Å²) in [5.41, 5.74) is 1.30. The van der Waals surface area contributed by atoms with Gasteiger partial charge in [-0.05, 0) is 55.0 Å². The minimum Gasteiger partial charge on any atom is -0.337 e. The van der Waals surface area contributed by atoms with E-state index in [9.17, 15) is 9.59 Å². The van der Waals surface area contributed by atoms with Crippen LogP contribution in [0.3, 0.4) is 0 Å². The first kappa shape index (κ1) is 18.5. The van der Waals surface area contributed by atoms with Crippen LogP contribution in [0.15, 0.2) is 48.5 Å². The Hall–Kier alpha value is -2.24. The molecule has 0 aromatic heterocycles. The molecule has 136 valence electrons. The highest BCUT2D eigenvalue weighted by Crippen LogP contribution is 2.16. The first-order valence-electron chi connectivity index (χ1n) is 8.39. The number of anilines is 1. The van der Waals surface area contributed by atoms with Crippen LogP contribution in [0.25, 0.3) is 0 Å². The zero-order chi connectivity index (χ0) is 18.5. The lowest BCUT2D eigenvalue weighted by molar-refractivity contribution is 0.0762. The summed E-state index contributed by atoms with van der Waals surface area (Å²) in [4.78, 5) is 28.6. The van der Waals surface area contributed by atoms with Gasteiger partial charge in [0.15, 0.2) is 0 Å². The second-order valence-corrected chi connectivity index (χ2v) is 6.95. The van der Waals surface area contributed by atoms with Gasteiger partial charge >= 0.3 is 6.03 Å². The van der Waals surface area contributed by atoms with Crippen LogP contribution in [0, 0.1) is 0 Å². The monoisotopic (exact) mass is 391 g/mol. The maximum atomic E-state index is 12.6. The van der Waals surface area contributed by atoms with Crippen LogP contribution >= 0.6 is 23.2 Å². The molecule has 1 saturated heterocycles. The molecule has 3 rings (SSSR count). The normalized spacial score (nSPS) is 14.7. The van der Waals surface area contributed by atoms with E-state index in [0.717, 1.165) is 6.42 Å². The van der Waals surface area contributed by atoms with Crippen LogP contribution in [-0.4, -0.2) is 47.9 Å². The largest absolute Gasteiger partial charge is 0.337 e. The Kier molecular flexibility index (Phi) is 6.01. The first-order valence-corrected chi connectivity index (χ1v) is 9.15. The zero-order valence-corrected chi connectivity index (χ0v) is 15.6. The van der Waals surface area contributed by atoms with Crippen molar-refractivity contribution in [3.8, 4) is 0 Å². The van der Waals surface area contributed by atoms with Crippen molar-refractivity contribution >= 4 is 40.8 Å². The van der Waals surface area contributed by atoms with Crippen LogP contribution in [0.5, 0.6) is 0 Å². The molecule has 5 nitrogen and oxygen atoms in total. The van der Waals surface area contributed by atoms with Gasteiger partial charge < -0.3 is 15.1 Å². The van der Waals surface area contributed by atoms with E-state index in [-0.39, 0.29) is 11.9 Å². The first-order chi connectivity index (χ1) is 12.5. The smallest absolute Gasteiger partial charge is 0.321 e. The predicted octanol–water partition coefficient (Wildman–Crippen LogP) is 4.37. The van der Waals surface area contributed by atoms with E-state index >= 15 is 0 Å². The highest BCUT2D eigenvalue weighted by Gasteiger charge is 2.22. The molecule has 0 bridgehead atoms. The maximum absolute atomic E-state index is 12.6. The molecule has 2 aromatic rings. The van der Waals surface area contributed by atoms with Gasteiger partial charge in [-0.2, -0.15) is 0 Å². The Morgan fingerprint density at radius 1 is 0.769 bits per heavy atom. The summed E-state index contributed by atoms with van der Waals surface area (Å²) < 4.78 is 0. The van der Waals surface area contributed by atoms with Gasteiger partial charge in [0.2, 0.25) is 0 Å². The van der Waals surface area contributed by atoms with Crippen LogP contribution in [0.2, 0.25) is 10.0 Å². The minimum atomic E-state index is -0.173. The fourth-order valence-electron chi connectivity index (χ4n) is 2.83. The second-order valence-electron chi connectivity index (χ2n) is 6.08. The number of halogens is 2. The molecule has 2 aromatic carbocycles. The lowest BCUT2D eigenvalue weighted by Gasteiger charge is -2.22. The number of hydrogen-bond donors (Lipinski definition) is 1. The molecule has 1 aliphatic heterocycles. The third kappa shape index (κ3) is 4.68. The van der Waals surface area contributed by atoms with Gasteiger partial charge in [-0.1, -0.05) is 23.2 Å². The molecular formula is C19H19Cl2N3O2. The Bertz CT molecular complexity index is 778. The van der Waals surface area contributed by atoms with Crippen molar-refractivity contribution in [1.82, 2.24) is 9.80 Å². The summed E-state index contributed by atoms with van der Waals surface area (Å²) in [7, 11) is 0. The Balaban J connectivity index is 1.58. The van der Waals surface area contributed by atoms with E-state index in [0.29, 0.717) is 47.5 Å². The Labute approximate surface area is 162 Å². The summed E-state index contributed by atoms with van der Waals surface area (Å²) in [6, 6.07) is 13.7. The zero-order valence-electron chi connectivity index (χ0n) is 14.1. The fraction of sp³-hybridized carbons (Fsp3) is 0.263. The van der Waals surface area contributed by atoms with Gasteiger partial charge in [-0.3, -0.25) is 4.79 Å². The van der Waals surface area contributed by atoms with Gasteiger partial charge in [0.25, 0.3) is 5.91 Å². The fourth-order valence-corrected chi connectivity index (χ4v) is 3.09. The number of amides is 3. The molecule has 0 unspecified atom stereocenters. The van der Waals surface area contributed by atoms with Gasteiger partial charge in [0.1, 0.15) is 0 Å². The second kappa shape index (κ2) is 8.43. The van der Waals surface area contributed by atoms with E-state index in [1.54, 1.807) is 58.3 Å². The SMILES string of the molecule is O=C(Nc1ccc(Cl)cc1)N1CCCN(C(=O)c2ccc(Cl)cc2)CC1. The van der Waals surface area contributed by atoms with Crippen molar-refractivity contribution in [1.29, 1.82) is 0 Å². The van der Waals surface area contributed by atoms with E-state index in [1.165, 1.54) is 0 Å². The summed E-state index contributed by atoms with van der Waals surface area (Å²) in [6.45, 7) is 2.20. The third-order valence-electron chi connectivity index (χ3n) is 4.26. The van der Waals surface area contributed by atoms with Crippen LogP contribution in [-0.2, 0) is 0 Å². The van der Waals surface area contributed by atoms with E-state index < -0.39 is 0 Å². The molecule has 26 heavy (non-hydrogen) atoms. The Morgan fingerprint density at radius 2 is 1.31 bits per heavy atom. The molecule has 3 amide bonds. The summed E-state index contributed by atoms with van der Waals surface area (Å²) in [5, 5.41) is 4.08. The number of nitrogens with one attached hydrogen (secondary N) is 1. The van der Waals surface area contributed by atoms with Gasteiger partial charge in [-0.25, -0.2) is 4.79 Å². The van der Waals surface area contributed by atoms with Crippen molar-refractivity contribution in [2.24, 2.45) is 0 Å². The predicted molar refractivity (Wildman–Crippen MR) is 104 cm³/mol. The van der Waals surface area contributed by atoms with Gasteiger partial charge in [0.05, 0.1) is 0 Å². The van der Waals surface area contributed by atoms with Crippen molar-refractivity contribution in [3.05, 3.63) is 64.1 Å². The van der Waals surface area contributed by atoms with Crippen molar-refractivity contribution in [3.63, 3.8) is 0 Å². The van der Waals surface area contributed by atoms with Crippen molar-refractivity contribution < 1.29 is 9.59 Å². The molecule has 7 heteroatoms. The number of hydrogen-bond acceptors (Lipinski definition) is 2. The average molecular weight is 392 g/mol. The lowest BCUT2D eigenvalue weighted by atomic mass is 10.2. The third-order valence-corrected chi connectivity index (χ3v) is 4.76. The molecular weight excluding hydrogens is 373 g/mol. The summed E-state index contributed by atoms with van der Waals surface area (Å²) in [6.07, 6.45) is 0.730. The molecule has 0 aliphatic carbocycles. The molecule has 0 saturated carbocycles. The molecule has 1 aliphatic rings. The molecule has 0 spiro atoms. The number of nitrogens with zero attached hydrogens (tertiary/aromatic N) is 2. The highest BCUT2D eigenvalue weighted by atomic mass is 35.5. The number of benzene rings is 2. The quantitative estimate of drug-likeness (QED) is 0.825. The van der Waals surface area contributed by atoms with E-state index in [2.05, 4.69) is 5.32 Å². The standard InChI is InChI=1S/C19H19Cl2N3O2/c20-15-4-2-14(3-5-15)18(25)23-10-1-11-24(13-12-23)19(26)22-17-8-6-16(21)7-9-17/h2-9H,1,10-13H2,(H,22,26). The average Bonchev–Trinajstić information content (AvgIpc) is 2.90. The lowest BCUT2D eigenvalue weighted by Crippen LogP contribution is -2.39.